The molecule has 0 aliphatic carbocycles. The fourth-order valence-corrected chi connectivity index (χ4v) is 3.62. The van der Waals surface area contributed by atoms with Gasteiger partial charge in [0.15, 0.2) is 5.96 Å². The fraction of sp³-hybridized carbons (Fsp3) is 0.500. The molecule has 1 saturated heterocycles. The topological polar surface area (TPSA) is 63.9 Å². The third-order valence-electron chi connectivity index (χ3n) is 5.01. The van der Waals surface area contributed by atoms with Crippen molar-refractivity contribution in [2.75, 3.05) is 27.2 Å². The van der Waals surface area contributed by atoms with E-state index in [1.807, 2.05) is 24.1 Å². The van der Waals surface area contributed by atoms with E-state index < -0.39 is 6.61 Å². The normalized spacial score (nSPS) is 17.1. The number of nitrogens with one attached hydrogen (secondary N) is 1. The number of alkyl halides is 2. The Morgan fingerprint density at radius 3 is 2.90 bits per heavy atom. The molecule has 2 aromatic rings. The molecule has 1 aromatic carbocycles. The Balaban J connectivity index is 1.59. The Kier molecular flexibility index (Phi) is 6.90. The number of halogens is 2. The number of rotatable bonds is 7. The average molecular weight is 407 g/mol. The van der Waals surface area contributed by atoms with Gasteiger partial charge < -0.3 is 19.7 Å². The second-order valence-electron chi connectivity index (χ2n) is 7.08. The minimum atomic E-state index is -2.90. The molecule has 1 aliphatic rings. The van der Waals surface area contributed by atoms with Crippen LogP contribution in [0.3, 0.4) is 0 Å². The lowest BCUT2D eigenvalue weighted by Gasteiger charge is -2.22. The maximum atomic E-state index is 12.7. The van der Waals surface area contributed by atoms with Crippen molar-refractivity contribution in [3.63, 3.8) is 0 Å². The van der Waals surface area contributed by atoms with Gasteiger partial charge in [0, 0.05) is 51.6 Å². The van der Waals surface area contributed by atoms with Gasteiger partial charge in [-0.1, -0.05) is 0 Å². The Labute approximate surface area is 169 Å². The molecule has 0 saturated carbocycles. The van der Waals surface area contributed by atoms with Gasteiger partial charge in [0.05, 0.1) is 13.3 Å². The Hall–Kier alpha value is -2.84. The molecule has 9 heteroatoms. The highest BCUT2D eigenvalue weighted by atomic mass is 19.3. The number of hydrogen-bond donors (Lipinski definition) is 1. The summed E-state index contributed by atoms with van der Waals surface area (Å²) < 4.78 is 37.1. The maximum absolute atomic E-state index is 12.7. The van der Waals surface area contributed by atoms with E-state index in [2.05, 4.69) is 25.0 Å². The van der Waals surface area contributed by atoms with Crippen molar-refractivity contribution in [2.24, 2.45) is 18.0 Å². The molecular formula is C20H27F2N5O2. The number of nitrogens with zero attached hydrogens (tertiary/aromatic N) is 4. The number of aromatic nitrogens is 2. The molecule has 7 nitrogen and oxygen atoms in total. The zero-order valence-electron chi connectivity index (χ0n) is 16.9. The first-order valence-electron chi connectivity index (χ1n) is 9.53. The van der Waals surface area contributed by atoms with Gasteiger partial charge in [-0.15, -0.1) is 0 Å². The minimum Gasteiger partial charge on any atom is -0.497 e. The predicted octanol–water partition coefficient (Wildman–Crippen LogP) is 2.67. The summed E-state index contributed by atoms with van der Waals surface area (Å²) in [5.41, 5.74) is 1.84. The summed E-state index contributed by atoms with van der Waals surface area (Å²) >= 11 is 0. The lowest BCUT2D eigenvalue weighted by atomic mass is 10.0. The molecule has 29 heavy (non-hydrogen) atoms. The highest BCUT2D eigenvalue weighted by Gasteiger charge is 2.25. The predicted molar refractivity (Wildman–Crippen MR) is 106 cm³/mol. The third kappa shape index (κ3) is 5.58. The van der Waals surface area contributed by atoms with Crippen molar-refractivity contribution in [2.45, 2.75) is 26.0 Å². The summed E-state index contributed by atoms with van der Waals surface area (Å²) in [6.45, 7) is -0.791. The van der Waals surface area contributed by atoms with Gasteiger partial charge in [0.1, 0.15) is 11.5 Å². The van der Waals surface area contributed by atoms with Crippen LogP contribution in [0.2, 0.25) is 0 Å². The first kappa shape index (κ1) is 20.9. The standard InChI is InChI=1S/C20H27F2N5O2/c1-23-20(27-7-6-14(13-27)8-15-10-25-26(2)12-15)24-11-16-4-5-17(28-3)9-18(16)29-19(21)22/h4-5,9-10,12,14,19H,6-8,11,13H2,1-3H3,(H,23,24). The van der Waals surface area contributed by atoms with E-state index >= 15 is 0 Å². The van der Waals surface area contributed by atoms with Crippen LogP contribution in [0.15, 0.2) is 35.6 Å². The van der Waals surface area contributed by atoms with Crippen LogP contribution in [0, 0.1) is 5.92 Å². The summed E-state index contributed by atoms with van der Waals surface area (Å²) in [5, 5.41) is 7.49. The van der Waals surface area contributed by atoms with Crippen LogP contribution in [0.1, 0.15) is 17.5 Å². The van der Waals surface area contributed by atoms with E-state index in [1.165, 1.54) is 18.7 Å². The summed E-state index contributed by atoms with van der Waals surface area (Å²) in [5.74, 6) is 1.83. The van der Waals surface area contributed by atoms with Crippen molar-refractivity contribution in [1.82, 2.24) is 20.0 Å². The second-order valence-corrected chi connectivity index (χ2v) is 7.08. The Morgan fingerprint density at radius 2 is 2.24 bits per heavy atom. The molecule has 1 aromatic heterocycles. The van der Waals surface area contributed by atoms with Gasteiger partial charge in [-0.2, -0.15) is 13.9 Å². The lowest BCUT2D eigenvalue weighted by Crippen LogP contribution is -2.39. The van der Waals surface area contributed by atoms with Gasteiger partial charge in [-0.25, -0.2) is 0 Å². The minimum absolute atomic E-state index is 0.0955. The molecular weight excluding hydrogens is 380 g/mol. The molecule has 3 rings (SSSR count). The lowest BCUT2D eigenvalue weighted by molar-refractivity contribution is -0.0505. The number of aliphatic imine (C=N–C) groups is 1. The fourth-order valence-electron chi connectivity index (χ4n) is 3.62. The van der Waals surface area contributed by atoms with Gasteiger partial charge in [-0.3, -0.25) is 9.67 Å². The highest BCUT2D eigenvalue weighted by Crippen LogP contribution is 2.27. The van der Waals surface area contributed by atoms with Crippen LogP contribution in [0.4, 0.5) is 8.78 Å². The first-order chi connectivity index (χ1) is 14.0. The van der Waals surface area contributed by atoms with Crippen LogP contribution >= 0.6 is 0 Å². The van der Waals surface area contributed by atoms with Crippen LogP contribution in [-0.2, 0) is 20.0 Å². The van der Waals surface area contributed by atoms with Crippen LogP contribution in [0.5, 0.6) is 11.5 Å². The van der Waals surface area contributed by atoms with Crippen molar-refractivity contribution in [3.05, 3.63) is 41.7 Å². The molecule has 0 spiro atoms. The zero-order chi connectivity index (χ0) is 20.8. The molecule has 0 radical (unpaired) electrons. The van der Waals surface area contributed by atoms with E-state index in [9.17, 15) is 8.78 Å². The van der Waals surface area contributed by atoms with Crippen molar-refractivity contribution < 1.29 is 18.3 Å². The van der Waals surface area contributed by atoms with E-state index in [0.717, 1.165) is 31.9 Å². The number of benzene rings is 1. The van der Waals surface area contributed by atoms with Crippen LogP contribution in [-0.4, -0.2) is 54.5 Å². The SMILES string of the molecule is CN=C(NCc1ccc(OC)cc1OC(F)F)N1CCC(Cc2cnn(C)c2)C1. The Bertz CT molecular complexity index is 840. The monoisotopic (exact) mass is 407 g/mol. The molecule has 1 N–H and O–H groups in total. The van der Waals surface area contributed by atoms with E-state index in [1.54, 1.807) is 19.2 Å². The van der Waals surface area contributed by atoms with E-state index in [0.29, 0.717) is 23.8 Å². The second kappa shape index (κ2) is 9.58. The molecule has 0 bridgehead atoms. The average Bonchev–Trinajstić information content (AvgIpc) is 3.32. The number of aryl methyl sites for hydroxylation is 1. The number of hydrogen-bond acceptors (Lipinski definition) is 4. The van der Waals surface area contributed by atoms with E-state index in [4.69, 9.17) is 4.74 Å². The van der Waals surface area contributed by atoms with Crippen LogP contribution in [0.25, 0.3) is 0 Å². The molecule has 158 valence electrons. The van der Waals surface area contributed by atoms with Crippen molar-refractivity contribution in [3.8, 4) is 11.5 Å². The summed E-state index contributed by atoms with van der Waals surface area (Å²) in [7, 11) is 5.12. The first-order valence-corrected chi connectivity index (χ1v) is 9.53. The largest absolute Gasteiger partial charge is 0.497 e. The number of methoxy groups -OCH3 is 1. The van der Waals surface area contributed by atoms with Gasteiger partial charge >= 0.3 is 6.61 Å². The third-order valence-corrected chi connectivity index (χ3v) is 5.01. The van der Waals surface area contributed by atoms with Crippen molar-refractivity contribution in [1.29, 1.82) is 0 Å². The molecule has 2 heterocycles. The van der Waals surface area contributed by atoms with Gasteiger partial charge in [0.2, 0.25) is 0 Å². The smallest absolute Gasteiger partial charge is 0.387 e. The quantitative estimate of drug-likeness (QED) is 0.565. The number of ether oxygens (including phenoxy) is 2. The summed E-state index contributed by atoms with van der Waals surface area (Å²) in [6, 6.07) is 4.90. The van der Waals surface area contributed by atoms with E-state index in [-0.39, 0.29) is 5.75 Å². The number of likely N-dealkylation sites (tertiary alicyclic amines) is 1. The summed E-state index contributed by atoms with van der Waals surface area (Å²) in [6.07, 6.45) is 6.00. The number of guanidine groups is 1. The molecule has 0 amide bonds. The summed E-state index contributed by atoms with van der Waals surface area (Å²) in [4.78, 5) is 6.55. The molecule has 1 unspecified atom stereocenters. The van der Waals surface area contributed by atoms with Gasteiger partial charge in [0.25, 0.3) is 0 Å². The molecule has 1 aliphatic heterocycles. The molecule has 1 atom stereocenters. The van der Waals surface area contributed by atoms with Gasteiger partial charge in [-0.05, 0) is 36.5 Å². The zero-order valence-corrected chi connectivity index (χ0v) is 16.9. The molecule has 1 fully saturated rings. The highest BCUT2D eigenvalue weighted by molar-refractivity contribution is 5.80. The maximum Gasteiger partial charge on any atom is 0.387 e. The Morgan fingerprint density at radius 1 is 1.41 bits per heavy atom. The van der Waals surface area contributed by atoms with Crippen LogP contribution < -0.4 is 14.8 Å². The van der Waals surface area contributed by atoms with Crippen molar-refractivity contribution >= 4 is 5.96 Å².